The first kappa shape index (κ1) is 14.1. The van der Waals surface area contributed by atoms with Gasteiger partial charge in [0.2, 0.25) is 5.91 Å². The molecule has 0 bridgehead atoms. The summed E-state index contributed by atoms with van der Waals surface area (Å²) in [5.41, 5.74) is 1.88. The van der Waals surface area contributed by atoms with E-state index in [-0.39, 0.29) is 0 Å². The normalized spacial score (nSPS) is 11.2. The number of para-hydroxylation sites is 1. The van der Waals surface area contributed by atoms with Crippen LogP contribution in [0.25, 0.3) is 11.1 Å². The Morgan fingerprint density at radius 1 is 0.950 bits per heavy atom. The summed E-state index contributed by atoms with van der Waals surface area (Å²) in [6, 6.07) is 15.9. The number of alkyl halides is 3. The van der Waals surface area contributed by atoms with Crippen molar-refractivity contribution in [3.63, 3.8) is 0 Å². The number of carbonyl (C=O) groups excluding carboxylic acids is 1. The lowest BCUT2D eigenvalue weighted by Crippen LogP contribution is -2.21. The fourth-order valence-corrected chi connectivity index (χ4v) is 1.84. The summed E-state index contributed by atoms with van der Waals surface area (Å²) in [5, 5.41) is 2.31. The first-order valence-electron chi connectivity index (χ1n) is 5.97. The van der Waals surface area contributed by atoms with Crippen LogP contribution in [0.2, 0.25) is 0 Å². The van der Waals surface area contributed by atoms with Gasteiger partial charge in [0.05, 0.1) is 0 Å². The van der Waals surface area contributed by atoms with Crippen molar-refractivity contribution in [2.24, 2.45) is 0 Å². The standard InChI is InChI=1S/C15H12F3NO/c16-15(17,18)10-14(20)19-13-9-5-4-8-12(13)11-6-2-1-3-7-11/h1-9H,10H2,(H,19,20). The molecule has 0 saturated carbocycles. The second kappa shape index (κ2) is 5.77. The first-order chi connectivity index (χ1) is 9.46. The van der Waals surface area contributed by atoms with Gasteiger partial charge in [-0.15, -0.1) is 0 Å². The van der Waals surface area contributed by atoms with Crippen LogP contribution in [0.3, 0.4) is 0 Å². The summed E-state index contributed by atoms with van der Waals surface area (Å²) in [4.78, 5) is 11.4. The monoisotopic (exact) mass is 279 g/mol. The van der Waals surface area contributed by atoms with Gasteiger partial charge in [-0.3, -0.25) is 4.79 Å². The fraction of sp³-hybridized carbons (Fsp3) is 0.133. The molecule has 2 aromatic rings. The van der Waals surface area contributed by atoms with Crippen molar-refractivity contribution in [3.05, 3.63) is 54.6 Å². The quantitative estimate of drug-likeness (QED) is 0.894. The number of hydrogen-bond acceptors (Lipinski definition) is 1. The molecule has 1 amide bonds. The molecule has 0 fully saturated rings. The third kappa shape index (κ3) is 3.85. The van der Waals surface area contributed by atoms with Crippen LogP contribution in [0, 0.1) is 0 Å². The minimum Gasteiger partial charge on any atom is -0.325 e. The SMILES string of the molecule is O=C(CC(F)(F)F)Nc1ccccc1-c1ccccc1. The lowest BCUT2D eigenvalue weighted by molar-refractivity contribution is -0.150. The van der Waals surface area contributed by atoms with Crippen molar-refractivity contribution >= 4 is 11.6 Å². The van der Waals surface area contributed by atoms with Gasteiger partial charge in [-0.25, -0.2) is 0 Å². The van der Waals surface area contributed by atoms with Gasteiger partial charge in [0.25, 0.3) is 0 Å². The van der Waals surface area contributed by atoms with E-state index in [1.165, 1.54) is 0 Å². The highest BCUT2D eigenvalue weighted by atomic mass is 19.4. The Morgan fingerprint density at radius 3 is 2.20 bits per heavy atom. The Labute approximate surface area is 114 Å². The lowest BCUT2D eigenvalue weighted by atomic mass is 10.0. The highest BCUT2D eigenvalue weighted by Gasteiger charge is 2.31. The number of benzene rings is 2. The molecule has 2 nitrogen and oxygen atoms in total. The van der Waals surface area contributed by atoms with Crippen molar-refractivity contribution < 1.29 is 18.0 Å². The summed E-state index contributed by atoms with van der Waals surface area (Å²) >= 11 is 0. The molecule has 0 aliphatic carbocycles. The van der Waals surface area contributed by atoms with Crippen LogP contribution in [-0.2, 0) is 4.79 Å². The predicted molar refractivity (Wildman–Crippen MR) is 71.2 cm³/mol. The van der Waals surface area contributed by atoms with Crippen molar-refractivity contribution in [2.75, 3.05) is 5.32 Å². The molecule has 104 valence electrons. The van der Waals surface area contributed by atoms with Gasteiger partial charge in [0, 0.05) is 11.3 Å². The predicted octanol–water partition coefficient (Wildman–Crippen LogP) is 4.24. The molecule has 0 heterocycles. The zero-order valence-corrected chi connectivity index (χ0v) is 10.4. The third-order valence-corrected chi connectivity index (χ3v) is 2.65. The maximum atomic E-state index is 12.2. The Morgan fingerprint density at radius 2 is 1.55 bits per heavy atom. The molecule has 1 N–H and O–H groups in total. The average molecular weight is 279 g/mol. The molecule has 2 rings (SSSR count). The van der Waals surface area contributed by atoms with Crippen LogP contribution in [0.1, 0.15) is 6.42 Å². The zero-order valence-electron chi connectivity index (χ0n) is 10.4. The Kier molecular flexibility index (Phi) is 4.08. The van der Waals surface area contributed by atoms with E-state index in [1.54, 1.807) is 24.3 Å². The average Bonchev–Trinajstić information content (AvgIpc) is 2.38. The van der Waals surface area contributed by atoms with E-state index in [1.807, 2.05) is 30.3 Å². The third-order valence-electron chi connectivity index (χ3n) is 2.65. The molecule has 0 spiro atoms. The van der Waals surface area contributed by atoms with Crippen molar-refractivity contribution in [3.8, 4) is 11.1 Å². The number of amides is 1. The lowest BCUT2D eigenvalue weighted by Gasteiger charge is -2.12. The van der Waals surface area contributed by atoms with Gasteiger partial charge in [-0.2, -0.15) is 13.2 Å². The first-order valence-corrected chi connectivity index (χ1v) is 5.97. The van der Waals surface area contributed by atoms with Crippen LogP contribution < -0.4 is 5.32 Å². The number of nitrogens with one attached hydrogen (secondary N) is 1. The van der Waals surface area contributed by atoms with Crippen molar-refractivity contribution in [1.82, 2.24) is 0 Å². The second-order valence-corrected chi connectivity index (χ2v) is 4.25. The maximum absolute atomic E-state index is 12.2. The van der Waals surface area contributed by atoms with Crippen LogP contribution in [0.15, 0.2) is 54.6 Å². The number of halogens is 3. The zero-order chi connectivity index (χ0) is 14.6. The van der Waals surface area contributed by atoms with Gasteiger partial charge in [-0.05, 0) is 11.6 Å². The minimum atomic E-state index is -4.51. The summed E-state index contributed by atoms with van der Waals surface area (Å²) in [5.74, 6) is -1.07. The smallest absolute Gasteiger partial charge is 0.325 e. The van der Waals surface area contributed by atoms with Crippen LogP contribution in [0.4, 0.5) is 18.9 Å². The second-order valence-electron chi connectivity index (χ2n) is 4.25. The molecule has 0 saturated heterocycles. The largest absolute Gasteiger partial charge is 0.397 e. The summed E-state index contributed by atoms with van der Waals surface area (Å²) in [6.07, 6.45) is -6.00. The molecule has 0 unspecified atom stereocenters. The van der Waals surface area contributed by atoms with Crippen LogP contribution in [-0.4, -0.2) is 12.1 Å². The van der Waals surface area contributed by atoms with Crippen LogP contribution >= 0.6 is 0 Å². The van der Waals surface area contributed by atoms with Gasteiger partial charge in [0.1, 0.15) is 6.42 Å². The van der Waals surface area contributed by atoms with Gasteiger partial charge < -0.3 is 5.32 Å². The summed E-state index contributed by atoms with van der Waals surface area (Å²) < 4.78 is 36.5. The summed E-state index contributed by atoms with van der Waals surface area (Å²) in [6.45, 7) is 0. The molecule has 0 aliphatic heterocycles. The van der Waals surface area contributed by atoms with Gasteiger partial charge >= 0.3 is 6.18 Å². The van der Waals surface area contributed by atoms with Crippen molar-refractivity contribution in [1.29, 1.82) is 0 Å². The molecule has 0 aliphatic rings. The molecular formula is C15H12F3NO. The number of anilines is 1. The highest BCUT2D eigenvalue weighted by molar-refractivity contribution is 5.95. The Bertz CT molecular complexity index is 594. The van der Waals surface area contributed by atoms with Gasteiger partial charge in [0.15, 0.2) is 0 Å². The fourth-order valence-electron chi connectivity index (χ4n) is 1.84. The topological polar surface area (TPSA) is 29.1 Å². The number of rotatable bonds is 3. The van der Waals surface area contributed by atoms with Gasteiger partial charge in [-0.1, -0.05) is 48.5 Å². The van der Waals surface area contributed by atoms with E-state index in [2.05, 4.69) is 5.32 Å². The van der Waals surface area contributed by atoms with Crippen LogP contribution in [0.5, 0.6) is 0 Å². The highest BCUT2D eigenvalue weighted by Crippen LogP contribution is 2.28. The van der Waals surface area contributed by atoms with E-state index in [4.69, 9.17) is 0 Å². The number of carbonyl (C=O) groups is 1. The van der Waals surface area contributed by atoms with E-state index in [0.29, 0.717) is 11.3 Å². The maximum Gasteiger partial charge on any atom is 0.397 e. The molecular weight excluding hydrogens is 267 g/mol. The molecule has 2 aromatic carbocycles. The summed E-state index contributed by atoms with van der Waals surface area (Å²) in [7, 11) is 0. The molecule has 0 aromatic heterocycles. The van der Waals surface area contributed by atoms with E-state index >= 15 is 0 Å². The van der Waals surface area contributed by atoms with E-state index in [9.17, 15) is 18.0 Å². The van der Waals surface area contributed by atoms with Crippen molar-refractivity contribution in [2.45, 2.75) is 12.6 Å². The Hall–Kier alpha value is -2.30. The Balaban J connectivity index is 2.23. The molecule has 0 atom stereocenters. The molecule has 0 radical (unpaired) electrons. The minimum absolute atomic E-state index is 0.368. The number of hydrogen-bond donors (Lipinski definition) is 1. The molecule has 20 heavy (non-hydrogen) atoms. The van der Waals surface area contributed by atoms with E-state index in [0.717, 1.165) is 5.56 Å². The van der Waals surface area contributed by atoms with E-state index < -0.39 is 18.5 Å². The molecule has 5 heteroatoms.